The molecule has 2 rings (SSSR count). The van der Waals surface area contributed by atoms with Crippen LogP contribution in [-0.4, -0.2) is 49.1 Å². The average molecular weight is 295 g/mol. The summed E-state index contributed by atoms with van der Waals surface area (Å²) in [5, 5.41) is 6.49. The number of rotatable bonds is 5. The van der Waals surface area contributed by atoms with Gasteiger partial charge in [-0.15, -0.1) is 0 Å². The van der Waals surface area contributed by atoms with Crippen molar-refractivity contribution in [2.24, 2.45) is 5.92 Å². The van der Waals surface area contributed by atoms with Gasteiger partial charge in [0.25, 0.3) is 0 Å². The largest absolute Gasteiger partial charge is 0.354 e. The molecule has 2 heterocycles. The maximum absolute atomic E-state index is 11.9. The zero-order valence-corrected chi connectivity index (χ0v) is 13.9. The van der Waals surface area contributed by atoms with E-state index in [9.17, 15) is 4.79 Å². The lowest BCUT2D eigenvalue weighted by molar-refractivity contribution is -0.122. The molecule has 21 heavy (non-hydrogen) atoms. The molecule has 0 aromatic carbocycles. The number of hydrogen-bond acceptors (Lipinski definition) is 3. The Bertz CT molecular complexity index is 313. The van der Waals surface area contributed by atoms with E-state index in [-0.39, 0.29) is 11.9 Å². The fourth-order valence-electron chi connectivity index (χ4n) is 3.87. The van der Waals surface area contributed by atoms with Crippen LogP contribution in [0, 0.1) is 5.92 Å². The van der Waals surface area contributed by atoms with Crippen LogP contribution in [0.3, 0.4) is 0 Å². The fourth-order valence-corrected chi connectivity index (χ4v) is 3.87. The molecule has 1 unspecified atom stereocenters. The predicted molar refractivity (Wildman–Crippen MR) is 87.3 cm³/mol. The first-order valence-corrected chi connectivity index (χ1v) is 8.91. The Labute approximate surface area is 130 Å². The van der Waals surface area contributed by atoms with Gasteiger partial charge in [0.2, 0.25) is 5.91 Å². The number of carbonyl (C=O) groups is 1. The number of nitrogens with zero attached hydrogens (tertiary/aromatic N) is 1. The molecular weight excluding hydrogens is 262 g/mol. The van der Waals surface area contributed by atoms with Gasteiger partial charge in [0.05, 0.1) is 0 Å². The van der Waals surface area contributed by atoms with E-state index in [1.807, 2.05) is 13.8 Å². The summed E-state index contributed by atoms with van der Waals surface area (Å²) < 4.78 is 0. The fraction of sp³-hybridized carbons (Fsp3) is 0.941. The minimum absolute atomic E-state index is 0.207. The second-order valence-electron chi connectivity index (χ2n) is 7.01. The van der Waals surface area contributed by atoms with Gasteiger partial charge in [0, 0.05) is 25.0 Å². The first-order chi connectivity index (χ1) is 10.2. The van der Waals surface area contributed by atoms with Gasteiger partial charge in [-0.3, -0.25) is 9.69 Å². The molecule has 2 fully saturated rings. The molecule has 1 atom stereocenters. The van der Waals surface area contributed by atoms with Crippen molar-refractivity contribution in [2.45, 2.75) is 70.9 Å². The van der Waals surface area contributed by atoms with E-state index in [2.05, 4.69) is 15.5 Å². The lowest BCUT2D eigenvalue weighted by Gasteiger charge is -2.38. The molecule has 2 N–H and O–H groups in total. The van der Waals surface area contributed by atoms with Gasteiger partial charge in [-0.2, -0.15) is 0 Å². The van der Waals surface area contributed by atoms with Crippen molar-refractivity contribution in [3.63, 3.8) is 0 Å². The van der Waals surface area contributed by atoms with Gasteiger partial charge in [0.1, 0.15) is 0 Å². The number of carbonyl (C=O) groups excluding carboxylic acids is 1. The van der Waals surface area contributed by atoms with Gasteiger partial charge in [-0.25, -0.2) is 0 Å². The van der Waals surface area contributed by atoms with Gasteiger partial charge in [-0.05, 0) is 65.1 Å². The maximum Gasteiger partial charge on any atom is 0.221 e. The number of likely N-dealkylation sites (tertiary alicyclic amines) is 1. The van der Waals surface area contributed by atoms with Crippen molar-refractivity contribution >= 4 is 5.91 Å². The van der Waals surface area contributed by atoms with Gasteiger partial charge in [-0.1, -0.05) is 12.8 Å². The molecule has 122 valence electrons. The summed E-state index contributed by atoms with van der Waals surface area (Å²) in [4.78, 5) is 14.5. The van der Waals surface area contributed by atoms with Crippen LogP contribution in [0.15, 0.2) is 0 Å². The summed E-state index contributed by atoms with van der Waals surface area (Å²) in [5.41, 5.74) is 0. The Morgan fingerprint density at radius 1 is 1.19 bits per heavy atom. The molecule has 0 saturated carbocycles. The lowest BCUT2D eigenvalue weighted by atomic mass is 9.87. The highest BCUT2D eigenvalue weighted by Crippen LogP contribution is 2.28. The summed E-state index contributed by atoms with van der Waals surface area (Å²) in [6.07, 6.45) is 8.61. The Morgan fingerprint density at radius 3 is 2.67 bits per heavy atom. The highest BCUT2D eigenvalue weighted by Gasteiger charge is 2.29. The van der Waals surface area contributed by atoms with Crippen LogP contribution in [0.4, 0.5) is 0 Å². The highest BCUT2D eigenvalue weighted by molar-refractivity contribution is 5.76. The number of piperidine rings is 1. The van der Waals surface area contributed by atoms with E-state index in [1.165, 1.54) is 58.2 Å². The van der Waals surface area contributed by atoms with E-state index in [1.54, 1.807) is 0 Å². The number of nitrogens with one attached hydrogen (secondary N) is 2. The predicted octanol–water partition coefficient (Wildman–Crippen LogP) is 2.15. The highest BCUT2D eigenvalue weighted by atomic mass is 16.1. The lowest BCUT2D eigenvalue weighted by Crippen LogP contribution is -2.45. The number of hydrogen-bond donors (Lipinski definition) is 2. The normalized spacial score (nSPS) is 25.8. The summed E-state index contributed by atoms with van der Waals surface area (Å²) in [6.45, 7) is 8.52. The smallest absolute Gasteiger partial charge is 0.221 e. The molecule has 0 radical (unpaired) electrons. The van der Waals surface area contributed by atoms with E-state index in [4.69, 9.17) is 0 Å². The summed E-state index contributed by atoms with van der Waals surface area (Å²) in [7, 11) is 0. The molecule has 0 spiro atoms. The Morgan fingerprint density at radius 2 is 1.95 bits per heavy atom. The second kappa shape index (κ2) is 8.74. The number of amides is 1. The molecule has 0 bridgehead atoms. The van der Waals surface area contributed by atoms with Crippen molar-refractivity contribution in [2.75, 3.05) is 26.2 Å². The molecule has 2 saturated heterocycles. The van der Waals surface area contributed by atoms with Crippen LogP contribution in [0.5, 0.6) is 0 Å². The first kappa shape index (κ1) is 16.8. The third-order valence-electron chi connectivity index (χ3n) is 4.92. The Hall–Kier alpha value is -0.610. The van der Waals surface area contributed by atoms with Crippen molar-refractivity contribution in [3.8, 4) is 0 Å². The van der Waals surface area contributed by atoms with Crippen molar-refractivity contribution in [3.05, 3.63) is 0 Å². The Kier molecular flexibility index (Phi) is 6.97. The van der Waals surface area contributed by atoms with Gasteiger partial charge >= 0.3 is 0 Å². The third kappa shape index (κ3) is 5.59. The van der Waals surface area contributed by atoms with Crippen molar-refractivity contribution in [1.82, 2.24) is 15.5 Å². The molecule has 0 aromatic heterocycles. The quantitative estimate of drug-likeness (QED) is 0.817. The molecule has 2 aliphatic heterocycles. The zero-order chi connectivity index (χ0) is 15.1. The molecule has 2 aliphatic rings. The minimum Gasteiger partial charge on any atom is -0.354 e. The van der Waals surface area contributed by atoms with Crippen LogP contribution in [0.2, 0.25) is 0 Å². The third-order valence-corrected chi connectivity index (χ3v) is 4.92. The summed E-state index contributed by atoms with van der Waals surface area (Å²) >= 11 is 0. The topological polar surface area (TPSA) is 44.4 Å². The van der Waals surface area contributed by atoms with Crippen LogP contribution in [0.25, 0.3) is 0 Å². The second-order valence-corrected chi connectivity index (χ2v) is 7.01. The van der Waals surface area contributed by atoms with Crippen LogP contribution in [0.1, 0.15) is 58.8 Å². The molecular formula is C17H33N3O. The van der Waals surface area contributed by atoms with Crippen LogP contribution >= 0.6 is 0 Å². The summed E-state index contributed by atoms with van der Waals surface area (Å²) in [6, 6.07) is 0.961. The average Bonchev–Trinajstić information content (AvgIpc) is 2.70. The minimum atomic E-state index is 0.207. The van der Waals surface area contributed by atoms with E-state index in [0.29, 0.717) is 12.5 Å². The molecule has 1 amide bonds. The van der Waals surface area contributed by atoms with Crippen LogP contribution < -0.4 is 10.6 Å². The van der Waals surface area contributed by atoms with Gasteiger partial charge < -0.3 is 10.6 Å². The Balaban J connectivity index is 1.87. The molecule has 4 heteroatoms. The van der Waals surface area contributed by atoms with Crippen LogP contribution in [-0.2, 0) is 4.79 Å². The maximum atomic E-state index is 11.9. The van der Waals surface area contributed by atoms with Gasteiger partial charge in [0.15, 0.2) is 0 Å². The van der Waals surface area contributed by atoms with Crippen molar-refractivity contribution in [1.29, 1.82) is 0 Å². The molecule has 0 aromatic rings. The summed E-state index contributed by atoms with van der Waals surface area (Å²) in [5.74, 6) is 1.04. The zero-order valence-electron chi connectivity index (χ0n) is 13.9. The first-order valence-electron chi connectivity index (χ1n) is 8.91. The van der Waals surface area contributed by atoms with Crippen molar-refractivity contribution < 1.29 is 4.79 Å². The van der Waals surface area contributed by atoms with E-state index < -0.39 is 0 Å². The molecule has 4 nitrogen and oxygen atoms in total. The monoisotopic (exact) mass is 295 g/mol. The molecule has 0 aliphatic carbocycles. The van der Waals surface area contributed by atoms with E-state index in [0.717, 1.165) is 12.5 Å². The SMILES string of the molecule is CC(C)NC(=O)CCN1CCCCCC1C1CCNCC1. The standard InChI is InChI=1S/C17H33N3O/c1-14(2)19-17(21)9-13-20-12-5-3-4-6-16(20)15-7-10-18-11-8-15/h14-16,18H,3-13H2,1-2H3,(H,19,21). The van der Waals surface area contributed by atoms with E-state index >= 15 is 0 Å².